The number of thiazole rings is 1. The van der Waals surface area contributed by atoms with E-state index >= 15 is 0 Å². The number of anilines is 2. The molecule has 138 valence electrons. The molecule has 0 atom stereocenters. The molecule has 8 nitrogen and oxygen atoms in total. The molecule has 1 aromatic heterocycles. The molecule has 3 aromatic rings. The van der Waals surface area contributed by atoms with Crippen molar-refractivity contribution in [1.82, 2.24) is 4.98 Å². The molecular weight excluding hydrogens is 368 g/mol. The summed E-state index contributed by atoms with van der Waals surface area (Å²) in [5.41, 5.74) is 1.19. The zero-order valence-corrected chi connectivity index (χ0v) is 15.2. The Hall–Kier alpha value is -3.20. The van der Waals surface area contributed by atoms with Crippen LogP contribution in [0.1, 0.15) is 23.2 Å². The van der Waals surface area contributed by atoms with Crippen LogP contribution in [-0.2, 0) is 0 Å². The number of carbonyl (C=O) groups is 1. The number of para-hydroxylation sites is 1. The number of carbonyl (C=O) groups excluding carboxylic acids is 1. The molecule has 2 N–H and O–H groups in total. The number of nitrogens with zero attached hydrogens (tertiary/aromatic N) is 2. The van der Waals surface area contributed by atoms with Crippen molar-refractivity contribution in [2.75, 3.05) is 17.7 Å². The van der Waals surface area contributed by atoms with Crippen LogP contribution in [0.15, 0.2) is 36.4 Å². The Morgan fingerprint density at radius 2 is 2.15 bits per heavy atom. The highest BCUT2D eigenvalue weighted by Gasteiger charge is 2.25. The number of aromatic nitrogens is 1. The van der Waals surface area contributed by atoms with Crippen molar-refractivity contribution in [3.63, 3.8) is 0 Å². The van der Waals surface area contributed by atoms with Crippen molar-refractivity contribution in [2.45, 2.75) is 18.9 Å². The number of hydrogen-bond acceptors (Lipinski definition) is 7. The molecule has 2 aromatic carbocycles. The number of ether oxygens (including phenoxy) is 1. The summed E-state index contributed by atoms with van der Waals surface area (Å²) in [4.78, 5) is 27.8. The van der Waals surface area contributed by atoms with Crippen LogP contribution in [0.25, 0.3) is 10.2 Å². The van der Waals surface area contributed by atoms with Crippen LogP contribution in [0.5, 0.6) is 5.75 Å². The highest BCUT2D eigenvalue weighted by atomic mass is 32.1. The van der Waals surface area contributed by atoms with Gasteiger partial charge in [-0.15, -0.1) is 0 Å². The maximum Gasteiger partial charge on any atom is 0.293 e. The molecule has 1 fully saturated rings. The first-order chi connectivity index (χ1) is 13.0. The molecule has 0 radical (unpaired) electrons. The SMILES string of the molecule is COc1cccc2sc(NC(=O)c3ccc(NC4CC4)c([N+](=O)[O-])c3)nc12. The summed E-state index contributed by atoms with van der Waals surface area (Å²) in [5.74, 6) is 0.171. The normalized spacial score (nSPS) is 13.4. The lowest BCUT2D eigenvalue weighted by molar-refractivity contribution is -0.384. The standard InChI is InChI=1S/C18H16N4O4S/c1-26-14-3-2-4-15-16(14)20-18(27-15)21-17(23)10-5-8-12(19-11-6-7-11)13(9-10)22(24)25/h2-5,8-9,11,19H,6-7H2,1H3,(H,20,21,23). The number of fused-ring (bicyclic) bond motifs is 1. The van der Waals surface area contributed by atoms with Gasteiger partial charge in [-0.1, -0.05) is 17.4 Å². The number of amides is 1. The monoisotopic (exact) mass is 384 g/mol. The molecule has 1 heterocycles. The number of benzene rings is 2. The number of nitrogens with one attached hydrogen (secondary N) is 2. The lowest BCUT2D eigenvalue weighted by Crippen LogP contribution is -2.13. The zero-order chi connectivity index (χ0) is 19.0. The molecule has 4 rings (SSSR count). The Labute approximate surface area is 158 Å². The second-order valence-electron chi connectivity index (χ2n) is 6.19. The van der Waals surface area contributed by atoms with Crippen molar-refractivity contribution >= 4 is 44.0 Å². The molecule has 27 heavy (non-hydrogen) atoms. The highest BCUT2D eigenvalue weighted by molar-refractivity contribution is 7.22. The molecule has 1 amide bonds. The minimum Gasteiger partial charge on any atom is -0.494 e. The van der Waals surface area contributed by atoms with Gasteiger partial charge in [0.1, 0.15) is 17.0 Å². The minimum absolute atomic E-state index is 0.111. The Kier molecular flexibility index (Phi) is 4.36. The van der Waals surface area contributed by atoms with Gasteiger partial charge in [-0.3, -0.25) is 20.2 Å². The lowest BCUT2D eigenvalue weighted by Gasteiger charge is -2.07. The van der Waals surface area contributed by atoms with Gasteiger partial charge >= 0.3 is 0 Å². The largest absolute Gasteiger partial charge is 0.494 e. The van der Waals surface area contributed by atoms with Crippen LogP contribution in [-0.4, -0.2) is 29.0 Å². The summed E-state index contributed by atoms with van der Waals surface area (Å²) in [6.45, 7) is 0. The molecule has 1 saturated carbocycles. The summed E-state index contributed by atoms with van der Waals surface area (Å²) in [7, 11) is 1.56. The van der Waals surface area contributed by atoms with Gasteiger partial charge in [0, 0.05) is 17.7 Å². The summed E-state index contributed by atoms with van der Waals surface area (Å²) < 4.78 is 6.15. The van der Waals surface area contributed by atoms with Crippen molar-refractivity contribution in [2.24, 2.45) is 0 Å². The third kappa shape index (κ3) is 3.54. The van der Waals surface area contributed by atoms with Crippen molar-refractivity contribution in [3.05, 3.63) is 52.1 Å². The van der Waals surface area contributed by atoms with E-state index in [0.29, 0.717) is 22.1 Å². The quantitative estimate of drug-likeness (QED) is 0.491. The third-order valence-corrected chi connectivity index (χ3v) is 5.15. The van der Waals surface area contributed by atoms with Gasteiger partial charge in [0.25, 0.3) is 11.6 Å². The van der Waals surface area contributed by atoms with Crippen molar-refractivity contribution in [3.8, 4) is 5.75 Å². The van der Waals surface area contributed by atoms with Crippen LogP contribution in [0.2, 0.25) is 0 Å². The molecule has 0 aliphatic heterocycles. The fraction of sp³-hybridized carbons (Fsp3) is 0.222. The number of rotatable bonds is 6. The first-order valence-electron chi connectivity index (χ1n) is 8.35. The molecule has 0 saturated heterocycles. The second kappa shape index (κ2) is 6.84. The van der Waals surface area contributed by atoms with Gasteiger partial charge in [-0.2, -0.15) is 0 Å². The molecular formula is C18H16N4O4S. The minimum atomic E-state index is -0.482. The van der Waals surface area contributed by atoms with Crippen molar-refractivity contribution in [1.29, 1.82) is 0 Å². The predicted molar refractivity (Wildman–Crippen MR) is 104 cm³/mol. The summed E-state index contributed by atoms with van der Waals surface area (Å²) in [6, 6.07) is 10.2. The van der Waals surface area contributed by atoms with Gasteiger partial charge in [0.05, 0.1) is 16.7 Å². The van der Waals surface area contributed by atoms with Gasteiger partial charge in [0.2, 0.25) is 0 Å². The van der Waals surface area contributed by atoms with Gasteiger partial charge < -0.3 is 10.1 Å². The number of nitro benzene ring substituents is 1. The summed E-state index contributed by atoms with van der Waals surface area (Å²) >= 11 is 1.31. The van der Waals surface area contributed by atoms with E-state index in [1.165, 1.54) is 17.4 Å². The second-order valence-corrected chi connectivity index (χ2v) is 7.22. The average Bonchev–Trinajstić information content (AvgIpc) is 3.37. The fourth-order valence-corrected chi connectivity index (χ4v) is 3.58. The third-order valence-electron chi connectivity index (χ3n) is 4.22. The average molecular weight is 384 g/mol. The van der Waals surface area contributed by atoms with E-state index < -0.39 is 10.8 Å². The zero-order valence-electron chi connectivity index (χ0n) is 14.4. The van der Waals surface area contributed by atoms with E-state index in [0.717, 1.165) is 17.5 Å². The van der Waals surface area contributed by atoms with Gasteiger partial charge in [-0.25, -0.2) is 4.98 Å². The molecule has 9 heteroatoms. The van der Waals surface area contributed by atoms with Gasteiger partial charge in [-0.05, 0) is 37.1 Å². The Bertz CT molecular complexity index is 1050. The Morgan fingerprint density at radius 1 is 1.33 bits per heavy atom. The van der Waals surface area contributed by atoms with Gasteiger partial charge in [0.15, 0.2) is 5.13 Å². The Balaban J connectivity index is 1.59. The van der Waals surface area contributed by atoms with Crippen LogP contribution < -0.4 is 15.4 Å². The van der Waals surface area contributed by atoms with E-state index in [9.17, 15) is 14.9 Å². The molecule has 0 spiro atoms. The molecule has 1 aliphatic rings. The molecule has 0 unspecified atom stereocenters. The van der Waals surface area contributed by atoms with E-state index in [1.807, 2.05) is 12.1 Å². The molecule has 0 bridgehead atoms. The predicted octanol–water partition coefficient (Wildman–Crippen LogP) is 4.04. The maximum absolute atomic E-state index is 12.5. The van der Waals surface area contributed by atoms with Crippen LogP contribution in [0.4, 0.5) is 16.5 Å². The first-order valence-corrected chi connectivity index (χ1v) is 9.16. The smallest absolute Gasteiger partial charge is 0.293 e. The van der Waals surface area contributed by atoms with Crippen molar-refractivity contribution < 1.29 is 14.5 Å². The number of hydrogen-bond donors (Lipinski definition) is 2. The summed E-state index contributed by atoms with van der Waals surface area (Å²) in [6.07, 6.45) is 2.00. The van der Waals surface area contributed by atoms with E-state index in [1.54, 1.807) is 25.3 Å². The van der Waals surface area contributed by atoms with E-state index in [2.05, 4.69) is 15.6 Å². The highest BCUT2D eigenvalue weighted by Crippen LogP contribution is 2.34. The summed E-state index contributed by atoms with van der Waals surface area (Å²) in [5, 5.41) is 17.6. The van der Waals surface area contributed by atoms with Crippen LogP contribution >= 0.6 is 11.3 Å². The van der Waals surface area contributed by atoms with E-state index in [4.69, 9.17) is 4.74 Å². The van der Waals surface area contributed by atoms with Crippen LogP contribution in [0, 0.1) is 10.1 Å². The topological polar surface area (TPSA) is 106 Å². The fourth-order valence-electron chi connectivity index (χ4n) is 2.70. The lowest BCUT2D eigenvalue weighted by atomic mass is 10.1. The number of nitro groups is 1. The van der Waals surface area contributed by atoms with Crippen LogP contribution in [0.3, 0.4) is 0 Å². The Morgan fingerprint density at radius 3 is 2.85 bits per heavy atom. The first kappa shape index (κ1) is 17.2. The maximum atomic E-state index is 12.5. The molecule has 1 aliphatic carbocycles. The van der Waals surface area contributed by atoms with E-state index in [-0.39, 0.29) is 17.3 Å². The number of methoxy groups -OCH3 is 1.